The second kappa shape index (κ2) is 8.80. The number of rotatable bonds is 5. The van der Waals surface area contributed by atoms with Gasteiger partial charge in [-0.25, -0.2) is 18.1 Å². The van der Waals surface area contributed by atoms with Crippen LogP contribution in [-0.2, 0) is 21.4 Å². The number of thioether (sulfide) groups is 1. The van der Waals surface area contributed by atoms with Gasteiger partial charge in [-0.2, -0.15) is 0 Å². The molecule has 158 valence electrons. The van der Waals surface area contributed by atoms with Crippen LogP contribution < -0.4 is 10.0 Å². The molecule has 1 aliphatic heterocycles. The molecule has 0 bridgehead atoms. The molecule has 4 rings (SSSR count). The third kappa shape index (κ3) is 5.50. The molecular weight excluding hydrogens is 456 g/mol. The summed E-state index contributed by atoms with van der Waals surface area (Å²) >= 11 is 7.45. The maximum atomic E-state index is 12.4. The van der Waals surface area contributed by atoms with Crippen molar-refractivity contribution in [2.24, 2.45) is 4.99 Å². The number of sulfonamides is 1. The Kier molecular flexibility index (Phi) is 6.10. The van der Waals surface area contributed by atoms with E-state index < -0.39 is 10.0 Å². The van der Waals surface area contributed by atoms with Crippen molar-refractivity contribution >= 4 is 67.1 Å². The fourth-order valence-corrected chi connectivity index (χ4v) is 4.32. The first kappa shape index (κ1) is 21.5. The van der Waals surface area contributed by atoms with Crippen LogP contribution in [-0.4, -0.2) is 30.7 Å². The van der Waals surface area contributed by atoms with Crippen LogP contribution in [0, 0.1) is 0 Å². The average molecular weight is 473 g/mol. The number of aromatic nitrogens is 1. The number of nitrogens with zero attached hydrogens (tertiary/aromatic N) is 2. The van der Waals surface area contributed by atoms with E-state index >= 15 is 0 Å². The zero-order valence-corrected chi connectivity index (χ0v) is 18.7. The number of fused-ring (bicyclic) bond motifs is 1. The van der Waals surface area contributed by atoms with E-state index in [0.717, 1.165) is 22.7 Å². The van der Waals surface area contributed by atoms with Gasteiger partial charge in [0.1, 0.15) is 0 Å². The van der Waals surface area contributed by atoms with Gasteiger partial charge in [-0.1, -0.05) is 29.8 Å². The van der Waals surface area contributed by atoms with E-state index in [2.05, 4.69) is 20.0 Å². The molecule has 0 aliphatic carbocycles. The average Bonchev–Trinajstić information content (AvgIpc) is 3.06. The van der Waals surface area contributed by atoms with Gasteiger partial charge in [-0.3, -0.25) is 9.78 Å². The quantitative estimate of drug-likeness (QED) is 0.549. The van der Waals surface area contributed by atoms with Gasteiger partial charge in [0.05, 0.1) is 27.4 Å². The number of hydrogen-bond acceptors (Lipinski definition) is 6. The van der Waals surface area contributed by atoms with Gasteiger partial charge in [0, 0.05) is 18.1 Å². The van der Waals surface area contributed by atoms with E-state index in [4.69, 9.17) is 11.6 Å². The molecule has 0 saturated carbocycles. The maximum Gasteiger partial charge on any atom is 0.264 e. The van der Waals surface area contributed by atoms with Crippen LogP contribution in [0.3, 0.4) is 0 Å². The minimum absolute atomic E-state index is 0.120. The molecule has 0 radical (unpaired) electrons. The van der Waals surface area contributed by atoms with Crippen LogP contribution in [0.2, 0.25) is 5.02 Å². The Morgan fingerprint density at radius 3 is 2.87 bits per heavy atom. The lowest BCUT2D eigenvalue weighted by molar-refractivity contribution is -0.115. The van der Waals surface area contributed by atoms with Crippen molar-refractivity contribution in [3.05, 3.63) is 75.8 Å². The number of amidine groups is 1. The summed E-state index contributed by atoms with van der Waals surface area (Å²) in [6.07, 6.45) is 4.62. The number of aliphatic imine (C=N–C) groups is 1. The lowest BCUT2D eigenvalue weighted by Gasteiger charge is -2.05. The predicted octanol–water partition coefficient (Wildman–Crippen LogP) is 3.83. The number of carbonyl (C=O) groups is 1. The zero-order valence-electron chi connectivity index (χ0n) is 16.3. The molecule has 2 aromatic carbocycles. The predicted molar refractivity (Wildman–Crippen MR) is 126 cm³/mol. The molecule has 0 unspecified atom stereocenters. The monoisotopic (exact) mass is 472 g/mol. The van der Waals surface area contributed by atoms with Gasteiger partial charge in [-0.05, 0) is 59.3 Å². The topological polar surface area (TPSA) is 101 Å². The number of benzene rings is 2. The summed E-state index contributed by atoms with van der Waals surface area (Å²) in [6, 6.07) is 14.6. The van der Waals surface area contributed by atoms with Gasteiger partial charge >= 0.3 is 0 Å². The van der Waals surface area contributed by atoms with Crippen molar-refractivity contribution in [2.75, 3.05) is 6.26 Å². The fraction of sp³-hybridized carbons (Fsp3) is 0.0952. The van der Waals surface area contributed by atoms with Crippen molar-refractivity contribution in [1.82, 2.24) is 15.0 Å². The van der Waals surface area contributed by atoms with E-state index in [0.29, 0.717) is 26.3 Å². The second-order valence-electron chi connectivity index (χ2n) is 6.82. The van der Waals surface area contributed by atoms with E-state index in [-0.39, 0.29) is 12.5 Å². The Labute approximate surface area is 188 Å². The smallest absolute Gasteiger partial charge is 0.264 e. The zero-order chi connectivity index (χ0) is 22.0. The molecule has 10 heteroatoms. The van der Waals surface area contributed by atoms with E-state index in [1.54, 1.807) is 30.5 Å². The number of halogens is 1. The van der Waals surface area contributed by atoms with Crippen LogP contribution in [0.5, 0.6) is 0 Å². The third-order valence-corrected chi connectivity index (χ3v) is 6.24. The molecule has 1 fully saturated rings. The molecule has 3 aromatic rings. The molecule has 0 spiro atoms. The highest BCUT2D eigenvalue weighted by Gasteiger charge is 2.24. The minimum Gasteiger partial charge on any atom is -0.300 e. The lowest BCUT2D eigenvalue weighted by atomic mass is 10.1. The maximum absolute atomic E-state index is 12.4. The first-order chi connectivity index (χ1) is 14.8. The highest BCUT2D eigenvalue weighted by molar-refractivity contribution is 8.18. The summed E-state index contributed by atoms with van der Waals surface area (Å²) in [6.45, 7) is 0.120. The first-order valence-corrected chi connectivity index (χ1v) is 12.2. The highest BCUT2D eigenvalue weighted by atomic mass is 35.5. The molecule has 2 N–H and O–H groups in total. The number of amides is 1. The van der Waals surface area contributed by atoms with Crippen LogP contribution in [0.25, 0.3) is 17.0 Å². The van der Waals surface area contributed by atoms with Crippen molar-refractivity contribution in [2.45, 2.75) is 6.54 Å². The molecule has 2 heterocycles. The van der Waals surface area contributed by atoms with Crippen LogP contribution >= 0.6 is 23.4 Å². The van der Waals surface area contributed by atoms with Crippen LogP contribution in [0.1, 0.15) is 11.1 Å². The Hall–Kier alpha value is -2.72. The number of hydrogen-bond donors (Lipinski definition) is 2. The number of nitrogens with one attached hydrogen (secondary N) is 2. The summed E-state index contributed by atoms with van der Waals surface area (Å²) in [7, 11) is -3.32. The third-order valence-electron chi connectivity index (χ3n) is 4.35. The molecular formula is C21H17ClN4O3S2. The molecule has 1 amide bonds. The SMILES string of the molecule is CS(=O)(=O)NCc1ccc(Cl)c(N=C2NC(=O)/C(=C/c3ccc4ncccc4c3)S2)c1. The van der Waals surface area contributed by atoms with Gasteiger partial charge in [0.15, 0.2) is 5.17 Å². The molecule has 1 aromatic heterocycles. The minimum atomic E-state index is -3.32. The first-order valence-electron chi connectivity index (χ1n) is 9.14. The standard InChI is InChI=1S/C21H17ClN4O3S2/c1-31(28,29)24-12-14-4-6-16(22)18(10-14)25-21-26-20(27)19(30-21)11-13-5-7-17-15(9-13)3-2-8-23-17/h2-11,24H,12H2,1H3,(H,25,26,27)/b19-11-. The summed E-state index contributed by atoms with van der Waals surface area (Å²) in [5.74, 6) is -0.249. The summed E-state index contributed by atoms with van der Waals surface area (Å²) < 4.78 is 25.0. The number of pyridine rings is 1. The van der Waals surface area contributed by atoms with Crippen LogP contribution in [0.15, 0.2) is 64.6 Å². The van der Waals surface area contributed by atoms with E-state index in [1.807, 2.05) is 30.3 Å². The Balaban J connectivity index is 1.56. The van der Waals surface area contributed by atoms with Crippen molar-refractivity contribution < 1.29 is 13.2 Å². The Bertz CT molecular complexity index is 1350. The van der Waals surface area contributed by atoms with Gasteiger partial charge in [0.2, 0.25) is 10.0 Å². The largest absolute Gasteiger partial charge is 0.300 e. The van der Waals surface area contributed by atoms with E-state index in [9.17, 15) is 13.2 Å². The molecule has 0 atom stereocenters. The van der Waals surface area contributed by atoms with E-state index in [1.165, 1.54) is 11.8 Å². The summed E-state index contributed by atoms with van der Waals surface area (Å²) in [4.78, 5) is 21.6. The lowest BCUT2D eigenvalue weighted by Crippen LogP contribution is -2.21. The van der Waals surface area contributed by atoms with Gasteiger partial charge in [0.25, 0.3) is 5.91 Å². The Morgan fingerprint density at radius 1 is 1.23 bits per heavy atom. The Morgan fingerprint density at radius 2 is 2.06 bits per heavy atom. The molecule has 31 heavy (non-hydrogen) atoms. The summed E-state index contributed by atoms with van der Waals surface area (Å²) in [5, 5.41) is 4.51. The molecule has 1 aliphatic rings. The van der Waals surface area contributed by atoms with Crippen molar-refractivity contribution in [1.29, 1.82) is 0 Å². The van der Waals surface area contributed by atoms with Crippen molar-refractivity contribution in [3.63, 3.8) is 0 Å². The molecule has 7 nitrogen and oxygen atoms in total. The highest BCUT2D eigenvalue weighted by Crippen LogP contribution is 2.32. The summed E-state index contributed by atoms with van der Waals surface area (Å²) in [5.41, 5.74) is 2.90. The van der Waals surface area contributed by atoms with Crippen molar-refractivity contribution in [3.8, 4) is 0 Å². The van der Waals surface area contributed by atoms with Crippen LogP contribution in [0.4, 0.5) is 5.69 Å². The normalized spacial score (nSPS) is 16.9. The van der Waals surface area contributed by atoms with Gasteiger partial charge in [-0.15, -0.1) is 0 Å². The van der Waals surface area contributed by atoms with Gasteiger partial charge < -0.3 is 5.32 Å². The fourth-order valence-electron chi connectivity index (χ4n) is 2.89. The number of carbonyl (C=O) groups excluding carboxylic acids is 1. The molecule has 1 saturated heterocycles. The second-order valence-corrected chi connectivity index (χ2v) is 10.1.